The van der Waals surface area contributed by atoms with Crippen LogP contribution in [-0.2, 0) is 0 Å². The van der Waals surface area contributed by atoms with Gasteiger partial charge in [0, 0.05) is 12.1 Å². The fourth-order valence-electron chi connectivity index (χ4n) is 2.41. The van der Waals surface area contributed by atoms with E-state index in [-0.39, 0.29) is 24.5 Å². The molecule has 1 aromatic rings. The van der Waals surface area contributed by atoms with Gasteiger partial charge in [0.25, 0.3) is 6.43 Å². The highest BCUT2D eigenvalue weighted by Gasteiger charge is 2.28. The molecule has 1 aromatic carbocycles. The van der Waals surface area contributed by atoms with Gasteiger partial charge in [0.1, 0.15) is 0 Å². The Balaban J connectivity index is 2.85. The summed E-state index contributed by atoms with van der Waals surface area (Å²) in [5.41, 5.74) is 7.21. The largest absolute Gasteiger partial charge is 0.323 e. The van der Waals surface area contributed by atoms with E-state index in [0.29, 0.717) is 0 Å². The van der Waals surface area contributed by atoms with E-state index in [1.54, 1.807) is 11.9 Å². The molecule has 0 heterocycles. The molecule has 0 saturated heterocycles. The third-order valence-corrected chi connectivity index (χ3v) is 3.17. The van der Waals surface area contributed by atoms with Crippen LogP contribution in [0.3, 0.4) is 0 Å². The van der Waals surface area contributed by atoms with Gasteiger partial charge in [-0.3, -0.25) is 4.90 Å². The zero-order valence-electron chi connectivity index (χ0n) is 11.2. The standard InChI is InChI=1S/C14H22F2N2/c1-10(2)14(18(3)9-12(15)16)13(17)11-7-5-4-6-8-11/h4-8,10,12-14H,9,17H2,1-3H3. The van der Waals surface area contributed by atoms with Crippen molar-refractivity contribution in [1.82, 2.24) is 4.90 Å². The number of hydrogen-bond acceptors (Lipinski definition) is 2. The van der Waals surface area contributed by atoms with E-state index >= 15 is 0 Å². The first kappa shape index (κ1) is 15.1. The predicted molar refractivity (Wildman–Crippen MR) is 70.6 cm³/mol. The third-order valence-electron chi connectivity index (χ3n) is 3.17. The number of rotatable bonds is 6. The normalized spacial score (nSPS) is 15.4. The summed E-state index contributed by atoms with van der Waals surface area (Å²) in [5, 5.41) is 0. The Bertz CT molecular complexity index is 341. The number of nitrogens with two attached hydrogens (primary N) is 1. The van der Waals surface area contributed by atoms with Gasteiger partial charge >= 0.3 is 0 Å². The smallest absolute Gasteiger partial charge is 0.251 e. The zero-order chi connectivity index (χ0) is 13.7. The Morgan fingerprint density at radius 2 is 1.72 bits per heavy atom. The molecule has 102 valence electrons. The average molecular weight is 256 g/mol. The first-order valence-corrected chi connectivity index (χ1v) is 6.22. The number of halogens is 2. The minimum Gasteiger partial charge on any atom is -0.323 e. The zero-order valence-corrected chi connectivity index (χ0v) is 11.2. The van der Waals surface area contributed by atoms with Crippen molar-refractivity contribution in [3.63, 3.8) is 0 Å². The van der Waals surface area contributed by atoms with Crippen LogP contribution in [0, 0.1) is 5.92 Å². The average Bonchev–Trinajstić information content (AvgIpc) is 2.28. The molecule has 2 nitrogen and oxygen atoms in total. The summed E-state index contributed by atoms with van der Waals surface area (Å²) in [6.07, 6.45) is -2.33. The highest BCUT2D eigenvalue weighted by atomic mass is 19.3. The molecule has 0 amide bonds. The molecule has 0 aliphatic carbocycles. The molecule has 1 rings (SSSR count). The van der Waals surface area contributed by atoms with Crippen molar-refractivity contribution < 1.29 is 8.78 Å². The van der Waals surface area contributed by atoms with Crippen LogP contribution in [0.5, 0.6) is 0 Å². The first-order chi connectivity index (χ1) is 8.43. The maximum Gasteiger partial charge on any atom is 0.251 e. The lowest BCUT2D eigenvalue weighted by Gasteiger charge is -2.35. The monoisotopic (exact) mass is 256 g/mol. The van der Waals surface area contributed by atoms with Crippen LogP contribution in [0.25, 0.3) is 0 Å². The van der Waals surface area contributed by atoms with E-state index in [9.17, 15) is 8.78 Å². The molecule has 2 atom stereocenters. The number of hydrogen-bond donors (Lipinski definition) is 1. The van der Waals surface area contributed by atoms with Crippen molar-refractivity contribution in [2.24, 2.45) is 11.7 Å². The van der Waals surface area contributed by atoms with E-state index in [0.717, 1.165) is 5.56 Å². The molecule has 0 radical (unpaired) electrons. The van der Waals surface area contributed by atoms with E-state index in [2.05, 4.69) is 0 Å². The second-order valence-corrected chi connectivity index (χ2v) is 5.00. The molecule has 0 spiro atoms. The van der Waals surface area contributed by atoms with Gasteiger partial charge in [-0.2, -0.15) is 0 Å². The molecule has 0 fully saturated rings. The van der Waals surface area contributed by atoms with Gasteiger partial charge in [-0.05, 0) is 18.5 Å². The molecule has 2 N–H and O–H groups in total. The quantitative estimate of drug-likeness (QED) is 0.848. The molecule has 4 heteroatoms. The highest BCUT2D eigenvalue weighted by molar-refractivity contribution is 5.20. The fraction of sp³-hybridized carbons (Fsp3) is 0.571. The summed E-state index contributed by atoms with van der Waals surface area (Å²) < 4.78 is 25.0. The van der Waals surface area contributed by atoms with E-state index in [1.807, 2.05) is 44.2 Å². The lowest BCUT2D eigenvalue weighted by Crippen LogP contribution is -2.45. The van der Waals surface area contributed by atoms with Gasteiger partial charge in [0.15, 0.2) is 0 Å². The van der Waals surface area contributed by atoms with Crippen LogP contribution in [-0.4, -0.2) is 31.0 Å². The number of likely N-dealkylation sites (N-methyl/N-ethyl adjacent to an activating group) is 1. The van der Waals surface area contributed by atoms with Gasteiger partial charge in [-0.15, -0.1) is 0 Å². The van der Waals surface area contributed by atoms with E-state index in [1.165, 1.54) is 0 Å². The Morgan fingerprint density at radius 3 is 2.17 bits per heavy atom. The summed E-state index contributed by atoms with van der Waals surface area (Å²) in [5.74, 6) is 0.212. The molecule has 0 saturated carbocycles. The molecular formula is C14H22F2N2. The summed E-state index contributed by atoms with van der Waals surface area (Å²) in [6.45, 7) is 3.77. The van der Waals surface area contributed by atoms with Crippen LogP contribution in [0.4, 0.5) is 8.78 Å². The molecule has 0 aromatic heterocycles. The number of alkyl halides is 2. The maximum atomic E-state index is 12.5. The van der Waals surface area contributed by atoms with Crippen LogP contribution < -0.4 is 5.73 Å². The SMILES string of the molecule is CC(C)C(C(N)c1ccccc1)N(C)CC(F)F. The molecule has 0 bridgehead atoms. The lowest BCUT2D eigenvalue weighted by molar-refractivity contribution is 0.0604. The van der Waals surface area contributed by atoms with Crippen molar-refractivity contribution in [2.45, 2.75) is 32.4 Å². The molecule has 0 aliphatic heterocycles. The summed E-state index contributed by atoms with van der Waals surface area (Å²) in [6, 6.07) is 9.28. The molecular weight excluding hydrogens is 234 g/mol. The van der Waals surface area contributed by atoms with Gasteiger partial charge < -0.3 is 5.73 Å². The van der Waals surface area contributed by atoms with Crippen molar-refractivity contribution >= 4 is 0 Å². The second-order valence-electron chi connectivity index (χ2n) is 5.00. The summed E-state index contributed by atoms with van der Waals surface area (Å²) in [4.78, 5) is 1.66. The Labute approximate surface area is 108 Å². The Hall–Kier alpha value is -1.00. The molecule has 18 heavy (non-hydrogen) atoms. The topological polar surface area (TPSA) is 29.3 Å². The maximum absolute atomic E-state index is 12.5. The van der Waals surface area contributed by atoms with Gasteiger partial charge in [-0.25, -0.2) is 8.78 Å². The number of nitrogens with zero attached hydrogens (tertiary/aromatic N) is 1. The fourth-order valence-corrected chi connectivity index (χ4v) is 2.41. The van der Waals surface area contributed by atoms with Gasteiger partial charge in [0.2, 0.25) is 0 Å². The lowest BCUT2D eigenvalue weighted by atomic mass is 9.90. The number of benzene rings is 1. The van der Waals surface area contributed by atoms with Crippen LogP contribution in [0.2, 0.25) is 0 Å². The summed E-state index contributed by atoms with van der Waals surface area (Å²) in [7, 11) is 1.71. The van der Waals surface area contributed by atoms with Gasteiger partial charge in [0.05, 0.1) is 6.54 Å². The van der Waals surface area contributed by atoms with Crippen molar-refractivity contribution in [1.29, 1.82) is 0 Å². The Kier molecular flexibility index (Phi) is 5.69. The van der Waals surface area contributed by atoms with E-state index < -0.39 is 6.43 Å². The second kappa shape index (κ2) is 6.81. The minimum atomic E-state index is -2.33. The van der Waals surface area contributed by atoms with Crippen LogP contribution in [0.15, 0.2) is 30.3 Å². The summed E-state index contributed by atoms with van der Waals surface area (Å²) >= 11 is 0. The highest BCUT2D eigenvalue weighted by Crippen LogP contribution is 2.24. The van der Waals surface area contributed by atoms with E-state index in [4.69, 9.17) is 5.73 Å². The third kappa shape index (κ3) is 4.03. The van der Waals surface area contributed by atoms with Crippen LogP contribution >= 0.6 is 0 Å². The van der Waals surface area contributed by atoms with Crippen molar-refractivity contribution in [2.75, 3.05) is 13.6 Å². The van der Waals surface area contributed by atoms with Gasteiger partial charge in [-0.1, -0.05) is 44.2 Å². The van der Waals surface area contributed by atoms with Crippen molar-refractivity contribution in [3.05, 3.63) is 35.9 Å². The Morgan fingerprint density at radius 1 is 1.17 bits per heavy atom. The van der Waals surface area contributed by atoms with Crippen LogP contribution in [0.1, 0.15) is 25.5 Å². The molecule has 2 unspecified atom stereocenters. The minimum absolute atomic E-state index is 0.0959. The molecule has 0 aliphatic rings. The van der Waals surface area contributed by atoms with Crippen molar-refractivity contribution in [3.8, 4) is 0 Å². The predicted octanol–water partition coefficient (Wildman–Crippen LogP) is 2.91. The first-order valence-electron chi connectivity index (χ1n) is 6.22.